The van der Waals surface area contributed by atoms with Gasteiger partial charge in [-0.2, -0.15) is 5.26 Å². The quantitative estimate of drug-likeness (QED) is 0.755. The van der Waals surface area contributed by atoms with Gasteiger partial charge in [0.15, 0.2) is 0 Å². The van der Waals surface area contributed by atoms with E-state index in [4.69, 9.17) is 10.00 Å². The normalized spacial score (nSPS) is 9.46. The molecule has 0 amide bonds. The van der Waals surface area contributed by atoms with Crippen LogP contribution in [0, 0.1) is 25.2 Å². The van der Waals surface area contributed by atoms with Crippen LogP contribution < -0.4 is 4.74 Å². The van der Waals surface area contributed by atoms with Crippen molar-refractivity contribution in [3.8, 4) is 11.8 Å². The van der Waals surface area contributed by atoms with Crippen LogP contribution in [-0.2, 0) is 0 Å². The molecule has 1 aromatic carbocycles. The molecule has 13 heavy (non-hydrogen) atoms. The highest BCUT2D eigenvalue weighted by molar-refractivity contribution is 9.10. The van der Waals surface area contributed by atoms with E-state index < -0.39 is 0 Å². The van der Waals surface area contributed by atoms with E-state index in [1.807, 2.05) is 19.9 Å². The fourth-order valence-corrected chi connectivity index (χ4v) is 2.10. The molecule has 0 atom stereocenters. The first-order valence-electron chi connectivity index (χ1n) is 3.85. The SMILES string of the molecule is COc1c(C)cc(Br)c(C#N)c1C. The second-order valence-corrected chi connectivity index (χ2v) is 3.67. The van der Waals surface area contributed by atoms with Crippen LogP contribution in [0.2, 0.25) is 0 Å². The maximum absolute atomic E-state index is 8.87. The minimum absolute atomic E-state index is 0.641. The fraction of sp³-hybridized carbons (Fsp3) is 0.300. The summed E-state index contributed by atoms with van der Waals surface area (Å²) in [6, 6.07) is 4.03. The molecule has 1 rings (SSSR count). The molecule has 0 fully saturated rings. The molecule has 0 bridgehead atoms. The van der Waals surface area contributed by atoms with Crippen molar-refractivity contribution in [2.24, 2.45) is 0 Å². The molecule has 0 aliphatic rings. The van der Waals surface area contributed by atoms with E-state index in [2.05, 4.69) is 22.0 Å². The highest BCUT2D eigenvalue weighted by atomic mass is 79.9. The minimum Gasteiger partial charge on any atom is -0.496 e. The second-order valence-electron chi connectivity index (χ2n) is 2.82. The Balaban J connectivity index is 3.51. The van der Waals surface area contributed by atoms with Crippen molar-refractivity contribution in [2.45, 2.75) is 13.8 Å². The van der Waals surface area contributed by atoms with Crippen LogP contribution in [-0.4, -0.2) is 7.11 Å². The van der Waals surface area contributed by atoms with E-state index >= 15 is 0 Å². The van der Waals surface area contributed by atoms with Crippen molar-refractivity contribution in [3.05, 3.63) is 27.2 Å². The van der Waals surface area contributed by atoms with E-state index in [1.165, 1.54) is 0 Å². The molecular formula is C10H10BrNO. The summed E-state index contributed by atoms with van der Waals surface area (Å²) >= 11 is 3.34. The Kier molecular flexibility index (Phi) is 2.94. The lowest BCUT2D eigenvalue weighted by atomic mass is 10.1. The lowest BCUT2D eigenvalue weighted by Crippen LogP contribution is -1.94. The number of nitriles is 1. The number of hydrogen-bond donors (Lipinski definition) is 0. The van der Waals surface area contributed by atoms with E-state index in [-0.39, 0.29) is 0 Å². The first-order chi connectivity index (χ1) is 6.11. The van der Waals surface area contributed by atoms with Gasteiger partial charge in [0.2, 0.25) is 0 Å². The third-order valence-corrected chi connectivity index (χ3v) is 2.60. The molecule has 0 radical (unpaired) electrons. The zero-order valence-electron chi connectivity index (χ0n) is 7.81. The Hall–Kier alpha value is -1.01. The van der Waals surface area contributed by atoms with Gasteiger partial charge >= 0.3 is 0 Å². The van der Waals surface area contributed by atoms with Gasteiger partial charge < -0.3 is 4.74 Å². The molecule has 0 heterocycles. The Bertz CT molecular complexity index is 379. The number of benzene rings is 1. The standard InChI is InChI=1S/C10H10BrNO/c1-6-4-9(11)8(5-12)7(2)10(6)13-3/h4H,1-3H3. The van der Waals surface area contributed by atoms with E-state index in [1.54, 1.807) is 7.11 Å². The zero-order chi connectivity index (χ0) is 10.0. The topological polar surface area (TPSA) is 33.0 Å². The van der Waals surface area contributed by atoms with Crippen LogP contribution in [0.4, 0.5) is 0 Å². The van der Waals surface area contributed by atoms with Gasteiger partial charge in [0.1, 0.15) is 11.8 Å². The molecule has 1 aromatic rings. The predicted molar refractivity (Wildman–Crippen MR) is 54.9 cm³/mol. The summed E-state index contributed by atoms with van der Waals surface area (Å²) in [5.74, 6) is 0.791. The lowest BCUT2D eigenvalue weighted by Gasteiger charge is -2.10. The number of rotatable bonds is 1. The van der Waals surface area contributed by atoms with Crippen LogP contribution in [0.5, 0.6) is 5.75 Å². The summed E-state index contributed by atoms with van der Waals surface area (Å²) in [6.07, 6.45) is 0. The number of ether oxygens (including phenoxy) is 1. The third-order valence-electron chi connectivity index (χ3n) is 1.97. The minimum atomic E-state index is 0.641. The number of aryl methyl sites for hydroxylation is 1. The van der Waals surface area contributed by atoms with Gasteiger partial charge in [-0.05, 0) is 41.4 Å². The number of halogens is 1. The van der Waals surface area contributed by atoms with E-state index in [0.29, 0.717) is 5.56 Å². The Morgan fingerprint density at radius 1 is 1.46 bits per heavy atom. The van der Waals surface area contributed by atoms with Crippen molar-refractivity contribution in [3.63, 3.8) is 0 Å². The highest BCUT2D eigenvalue weighted by Crippen LogP contribution is 2.31. The molecule has 2 nitrogen and oxygen atoms in total. The third kappa shape index (κ3) is 1.68. The molecule has 0 saturated carbocycles. The highest BCUT2D eigenvalue weighted by Gasteiger charge is 2.11. The Labute approximate surface area is 86.3 Å². The van der Waals surface area contributed by atoms with Crippen molar-refractivity contribution >= 4 is 15.9 Å². The Morgan fingerprint density at radius 2 is 2.08 bits per heavy atom. The summed E-state index contributed by atoms with van der Waals surface area (Å²) < 4.78 is 6.03. The summed E-state index contributed by atoms with van der Waals surface area (Å²) in [4.78, 5) is 0. The summed E-state index contributed by atoms with van der Waals surface area (Å²) in [7, 11) is 1.62. The molecule has 0 aromatic heterocycles. The smallest absolute Gasteiger partial charge is 0.126 e. The molecule has 0 spiro atoms. The van der Waals surface area contributed by atoms with Gasteiger partial charge in [0, 0.05) is 10.0 Å². The number of methoxy groups -OCH3 is 1. The lowest BCUT2D eigenvalue weighted by molar-refractivity contribution is 0.408. The maximum Gasteiger partial charge on any atom is 0.126 e. The van der Waals surface area contributed by atoms with Crippen LogP contribution in [0.1, 0.15) is 16.7 Å². The van der Waals surface area contributed by atoms with Crippen LogP contribution in [0.25, 0.3) is 0 Å². The first-order valence-corrected chi connectivity index (χ1v) is 4.65. The van der Waals surface area contributed by atoms with Crippen molar-refractivity contribution in [2.75, 3.05) is 7.11 Å². The number of nitrogens with zero attached hydrogens (tertiary/aromatic N) is 1. The molecule has 0 N–H and O–H groups in total. The van der Waals surface area contributed by atoms with Gasteiger partial charge in [-0.25, -0.2) is 0 Å². The van der Waals surface area contributed by atoms with Crippen LogP contribution in [0.15, 0.2) is 10.5 Å². The summed E-state index contributed by atoms with van der Waals surface area (Å²) in [6.45, 7) is 3.84. The maximum atomic E-state index is 8.87. The average Bonchev–Trinajstić information content (AvgIpc) is 2.04. The molecule has 0 unspecified atom stereocenters. The Morgan fingerprint density at radius 3 is 2.54 bits per heavy atom. The molecule has 3 heteroatoms. The molecular weight excluding hydrogens is 230 g/mol. The van der Waals surface area contributed by atoms with Crippen LogP contribution >= 0.6 is 15.9 Å². The van der Waals surface area contributed by atoms with Crippen LogP contribution in [0.3, 0.4) is 0 Å². The molecule has 0 aliphatic heterocycles. The number of hydrogen-bond acceptors (Lipinski definition) is 2. The average molecular weight is 240 g/mol. The van der Waals surface area contributed by atoms with E-state index in [0.717, 1.165) is 21.3 Å². The molecule has 0 saturated heterocycles. The zero-order valence-corrected chi connectivity index (χ0v) is 9.40. The fourth-order valence-electron chi connectivity index (χ4n) is 1.37. The van der Waals surface area contributed by atoms with Crippen molar-refractivity contribution < 1.29 is 4.74 Å². The predicted octanol–water partition coefficient (Wildman–Crippen LogP) is 2.95. The van der Waals surface area contributed by atoms with Crippen molar-refractivity contribution in [1.82, 2.24) is 0 Å². The first kappa shape index (κ1) is 10.1. The van der Waals surface area contributed by atoms with Gasteiger partial charge in [0.25, 0.3) is 0 Å². The largest absolute Gasteiger partial charge is 0.496 e. The van der Waals surface area contributed by atoms with Gasteiger partial charge in [-0.3, -0.25) is 0 Å². The second kappa shape index (κ2) is 3.80. The van der Waals surface area contributed by atoms with Gasteiger partial charge in [-0.15, -0.1) is 0 Å². The van der Waals surface area contributed by atoms with Gasteiger partial charge in [0.05, 0.1) is 12.7 Å². The summed E-state index contributed by atoms with van der Waals surface area (Å²) in [5, 5.41) is 8.87. The van der Waals surface area contributed by atoms with E-state index in [9.17, 15) is 0 Å². The monoisotopic (exact) mass is 239 g/mol. The summed E-state index contributed by atoms with van der Waals surface area (Å²) in [5.41, 5.74) is 2.56. The van der Waals surface area contributed by atoms with Gasteiger partial charge in [-0.1, -0.05) is 0 Å². The molecule has 0 aliphatic carbocycles. The van der Waals surface area contributed by atoms with Crippen molar-refractivity contribution in [1.29, 1.82) is 5.26 Å². The molecule has 68 valence electrons.